The lowest BCUT2D eigenvalue weighted by Crippen LogP contribution is -2.30. The molecule has 37 heavy (non-hydrogen) atoms. The van der Waals surface area contributed by atoms with E-state index in [0.29, 0.717) is 28.0 Å². The summed E-state index contributed by atoms with van der Waals surface area (Å²) in [5.41, 5.74) is 1.22. The van der Waals surface area contributed by atoms with E-state index in [4.69, 9.17) is 14.2 Å². The molecule has 0 fully saturated rings. The maximum atomic E-state index is 13.6. The van der Waals surface area contributed by atoms with Crippen LogP contribution in [0.2, 0.25) is 0 Å². The molecular weight excluding hydrogens is 523 g/mol. The number of para-hydroxylation sites is 1. The average molecular weight is 549 g/mol. The zero-order valence-electron chi connectivity index (χ0n) is 20.7. The summed E-state index contributed by atoms with van der Waals surface area (Å²) in [6.45, 7) is 3.32. The third kappa shape index (κ3) is 5.31. The van der Waals surface area contributed by atoms with Crippen molar-refractivity contribution in [1.29, 1.82) is 0 Å². The molecule has 0 N–H and O–H groups in total. The summed E-state index contributed by atoms with van der Waals surface area (Å²) < 4.78 is 58.7. The van der Waals surface area contributed by atoms with Crippen molar-refractivity contribution >= 4 is 21.2 Å². The molecule has 4 aromatic rings. The first-order chi connectivity index (χ1) is 17.7. The van der Waals surface area contributed by atoms with Crippen LogP contribution >= 0.6 is 11.3 Å². The molecule has 0 spiro atoms. The van der Waals surface area contributed by atoms with Gasteiger partial charge in [0.25, 0.3) is 0 Å². The number of hydrogen-bond acceptors (Lipinski definition) is 11. The molecule has 196 valence electrons. The number of aryl methyl sites for hydroxylation is 1. The van der Waals surface area contributed by atoms with E-state index in [0.717, 1.165) is 18.1 Å². The van der Waals surface area contributed by atoms with Gasteiger partial charge in [-0.2, -0.15) is 0 Å². The fourth-order valence-corrected chi connectivity index (χ4v) is 5.96. The Bertz CT molecular complexity index is 1470. The Morgan fingerprint density at radius 3 is 2.27 bits per heavy atom. The van der Waals surface area contributed by atoms with Crippen molar-refractivity contribution in [2.75, 3.05) is 21.3 Å². The summed E-state index contributed by atoms with van der Waals surface area (Å²) in [6, 6.07) is 5.20. The summed E-state index contributed by atoms with van der Waals surface area (Å²) in [5.74, 6) is 0.207. The summed E-state index contributed by atoms with van der Waals surface area (Å²) in [5, 5.41) is 9.83. The fraction of sp³-hybridized carbons (Fsp3) is 0.348. The molecule has 0 radical (unpaired) electrons. The summed E-state index contributed by atoms with van der Waals surface area (Å²) in [6.07, 6.45) is 0.880. The first-order valence-corrected chi connectivity index (χ1v) is 13.6. The molecule has 0 amide bonds. The molecule has 2 atom stereocenters. The first kappa shape index (κ1) is 26.6. The van der Waals surface area contributed by atoms with Gasteiger partial charge in [-0.25, -0.2) is 27.8 Å². The number of aromatic nitrogens is 6. The molecule has 3 aromatic heterocycles. The van der Waals surface area contributed by atoms with E-state index in [1.54, 1.807) is 22.8 Å². The topological polar surface area (TPSA) is 131 Å². The maximum Gasteiger partial charge on any atom is 0.197 e. The van der Waals surface area contributed by atoms with E-state index in [1.807, 2.05) is 12.3 Å². The van der Waals surface area contributed by atoms with Crippen LogP contribution in [0.25, 0.3) is 16.5 Å². The highest BCUT2D eigenvalue weighted by molar-refractivity contribution is 7.91. The number of ether oxygens (including phenoxy) is 3. The molecule has 14 heteroatoms. The molecule has 0 aliphatic carbocycles. The van der Waals surface area contributed by atoms with Crippen LogP contribution in [0.1, 0.15) is 30.4 Å². The quantitative estimate of drug-likeness (QED) is 0.291. The Balaban J connectivity index is 1.82. The smallest absolute Gasteiger partial charge is 0.197 e. The number of rotatable bonds is 10. The minimum absolute atomic E-state index is 0.0480. The van der Waals surface area contributed by atoms with Crippen LogP contribution in [0.4, 0.5) is 4.39 Å². The molecule has 4 rings (SSSR count). The van der Waals surface area contributed by atoms with Gasteiger partial charge in [0.2, 0.25) is 0 Å². The Morgan fingerprint density at radius 2 is 1.73 bits per heavy atom. The van der Waals surface area contributed by atoms with E-state index in [2.05, 4.69) is 25.1 Å². The molecule has 0 aliphatic rings. The zero-order chi connectivity index (χ0) is 26.7. The predicted molar refractivity (Wildman–Crippen MR) is 134 cm³/mol. The lowest BCUT2D eigenvalue weighted by atomic mass is 10.2. The van der Waals surface area contributed by atoms with Gasteiger partial charge in [0.1, 0.15) is 29.0 Å². The number of thiazole rings is 1. The summed E-state index contributed by atoms with van der Waals surface area (Å²) in [7, 11) is 0.405. The lowest BCUT2D eigenvalue weighted by Gasteiger charge is -2.22. The number of hydrogen-bond donors (Lipinski definition) is 0. The van der Waals surface area contributed by atoms with Crippen molar-refractivity contribution in [3.8, 4) is 28.0 Å². The third-order valence-electron chi connectivity index (χ3n) is 5.64. The second kappa shape index (κ2) is 10.9. The van der Waals surface area contributed by atoms with E-state index in [1.165, 1.54) is 39.6 Å². The van der Waals surface area contributed by atoms with E-state index in [9.17, 15) is 12.8 Å². The van der Waals surface area contributed by atoms with Crippen molar-refractivity contribution in [3.05, 3.63) is 59.1 Å². The van der Waals surface area contributed by atoms with Crippen molar-refractivity contribution in [2.24, 2.45) is 0 Å². The van der Waals surface area contributed by atoms with Gasteiger partial charge in [0.15, 0.2) is 38.1 Å². The normalized spacial score (nSPS) is 13.4. The van der Waals surface area contributed by atoms with Crippen LogP contribution in [0.5, 0.6) is 11.5 Å². The van der Waals surface area contributed by atoms with Gasteiger partial charge in [-0.3, -0.25) is 4.57 Å². The minimum Gasteiger partial charge on any atom is -0.494 e. The standard InChI is InChI=1S/C23H25FN6O5S2/c1-13-11-36-23(27-13)22-29-28-18(30(22)19-16(33-3)7-6-8-17(19)34-4)12-37(31,32)14(2)20(35-5)21-25-9-15(24)10-26-21/h6-11,14,20H,12H2,1-5H3/t14-,20+/m0/s1. The van der Waals surface area contributed by atoms with Gasteiger partial charge in [0, 0.05) is 18.2 Å². The first-order valence-electron chi connectivity index (χ1n) is 11.0. The van der Waals surface area contributed by atoms with Gasteiger partial charge < -0.3 is 14.2 Å². The SMILES string of the molecule is COc1cccc(OC)c1-n1c(CS(=O)(=O)[C@@H](C)[C@@H](OC)c2ncc(F)cn2)nnc1-c1nc(C)cs1. The largest absolute Gasteiger partial charge is 0.494 e. The molecular formula is C23H25FN6O5S2. The van der Waals surface area contributed by atoms with Crippen molar-refractivity contribution in [1.82, 2.24) is 29.7 Å². The highest BCUT2D eigenvalue weighted by Gasteiger charge is 2.35. The number of sulfone groups is 1. The highest BCUT2D eigenvalue weighted by Crippen LogP contribution is 2.37. The van der Waals surface area contributed by atoms with Gasteiger partial charge >= 0.3 is 0 Å². The fourth-order valence-electron chi connectivity index (χ4n) is 3.77. The van der Waals surface area contributed by atoms with E-state index < -0.39 is 32.8 Å². The van der Waals surface area contributed by atoms with E-state index >= 15 is 0 Å². The maximum absolute atomic E-state index is 13.6. The molecule has 0 saturated heterocycles. The molecule has 0 unspecified atom stereocenters. The van der Waals surface area contributed by atoms with Gasteiger partial charge in [0.05, 0.1) is 31.9 Å². The Morgan fingerprint density at radius 1 is 1.08 bits per heavy atom. The van der Waals surface area contributed by atoms with Gasteiger partial charge in [-0.15, -0.1) is 21.5 Å². The van der Waals surface area contributed by atoms with E-state index in [-0.39, 0.29) is 11.6 Å². The second-order valence-corrected chi connectivity index (χ2v) is 11.2. The van der Waals surface area contributed by atoms with Crippen molar-refractivity contribution in [3.63, 3.8) is 0 Å². The summed E-state index contributed by atoms with van der Waals surface area (Å²) >= 11 is 1.35. The molecule has 0 bridgehead atoms. The molecule has 3 heterocycles. The second-order valence-electron chi connectivity index (χ2n) is 8.01. The number of benzene rings is 1. The van der Waals surface area contributed by atoms with Crippen LogP contribution in [0, 0.1) is 12.7 Å². The minimum atomic E-state index is -3.94. The Labute approximate surface area is 217 Å². The number of nitrogens with zero attached hydrogens (tertiary/aromatic N) is 6. The van der Waals surface area contributed by atoms with Gasteiger partial charge in [-0.05, 0) is 26.0 Å². The van der Waals surface area contributed by atoms with Crippen molar-refractivity contribution in [2.45, 2.75) is 31.0 Å². The Kier molecular flexibility index (Phi) is 7.80. The molecule has 0 aliphatic heterocycles. The molecule has 1 aromatic carbocycles. The third-order valence-corrected chi connectivity index (χ3v) is 8.63. The lowest BCUT2D eigenvalue weighted by molar-refractivity contribution is 0.0946. The molecule has 11 nitrogen and oxygen atoms in total. The number of methoxy groups -OCH3 is 3. The van der Waals surface area contributed by atoms with Crippen molar-refractivity contribution < 1.29 is 27.0 Å². The monoisotopic (exact) mass is 548 g/mol. The highest BCUT2D eigenvalue weighted by atomic mass is 32.2. The van der Waals surface area contributed by atoms with Crippen LogP contribution in [-0.4, -0.2) is 64.7 Å². The number of halogens is 1. The van der Waals surface area contributed by atoms with Crippen LogP contribution in [0.3, 0.4) is 0 Å². The predicted octanol–water partition coefficient (Wildman–Crippen LogP) is 3.34. The van der Waals surface area contributed by atoms with Gasteiger partial charge in [-0.1, -0.05) is 6.07 Å². The molecule has 0 saturated carbocycles. The Hall–Kier alpha value is -3.49. The van der Waals surface area contributed by atoms with Crippen LogP contribution in [0.15, 0.2) is 36.0 Å². The zero-order valence-corrected chi connectivity index (χ0v) is 22.4. The summed E-state index contributed by atoms with van der Waals surface area (Å²) in [4.78, 5) is 12.3. The van der Waals surface area contributed by atoms with Crippen LogP contribution < -0.4 is 9.47 Å². The van der Waals surface area contributed by atoms with Crippen LogP contribution in [-0.2, 0) is 20.3 Å². The average Bonchev–Trinajstić information content (AvgIpc) is 3.50.